The molecule has 1 aliphatic rings. The lowest BCUT2D eigenvalue weighted by atomic mass is 9.99. The van der Waals surface area contributed by atoms with E-state index in [1.54, 1.807) is 0 Å². The average molecular weight is 304 g/mol. The summed E-state index contributed by atoms with van der Waals surface area (Å²) >= 11 is 0. The zero-order valence-electron chi connectivity index (χ0n) is 12.7. The molecule has 2 atom stereocenters. The molecule has 22 heavy (non-hydrogen) atoms. The maximum absolute atomic E-state index is 11.9. The van der Waals surface area contributed by atoms with Gasteiger partial charge in [0.2, 0.25) is 11.8 Å². The molecular formula is C16H20N2O4. The van der Waals surface area contributed by atoms with Gasteiger partial charge in [-0.3, -0.25) is 14.4 Å². The van der Waals surface area contributed by atoms with Crippen molar-refractivity contribution >= 4 is 17.8 Å². The van der Waals surface area contributed by atoms with Crippen LogP contribution in [0.25, 0.3) is 0 Å². The summed E-state index contributed by atoms with van der Waals surface area (Å²) in [5.41, 5.74) is 0.868. The Morgan fingerprint density at radius 3 is 2.45 bits per heavy atom. The van der Waals surface area contributed by atoms with Crippen LogP contribution in [0.2, 0.25) is 0 Å². The Hall–Kier alpha value is -2.37. The minimum Gasteiger partial charge on any atom is -0.461 e. The van der Waals surface area contributed by atoms with E-state index in [-0.39, 0.29) is 30.8 Å². The molecule has 0 bridgehead atoms. The number of carbonyl (C=O) groups excluding carboxylic acids is 3. The fourth-order valence-electron chi connectivity index (χ4n) is 2.22. The van der Waals surface area contributed by atoms with Crippen LogP contribution >= 0.6 is 0 Å². The Balaban J connectivity index is 1.84. The second-order valence-electron chi connectivity index (χ2n) is 5.64. The molecule has 1 aromatic carbocycles. The maximum Gasteiger partial charge on any atom is 0.308 e. The van der Waals surface area contributed by atoms with E-state index >= 15 is 0 Å². The van der Waals surface area contributed by atoms with E-state index in [9.17, 15) is 14.4 Å². The number of hydrogen-bond donors (Lipinski definition) is 2. The Morgan fingerprint density at radius 2 is 1.82 bits per heavy atom. The third-order valence-electron chi connectivity index (χ3n) is 3.49. The lowest BCUT2D eigenvalue weighted by Gasteiger charge is -2.31. The predicted molar refractivity (Wildman–Crippen MR) is 79.6 cm³/mol. The molecule has 2 amide bonds. The Morgan fingerprint density at radius 1 is 1.14 bits per heavy atom. The third kappa shape index (κ3) is 4.07. The highest BCUT2D eigenvalue weighted by atomic mass is 16.5. The van der Waals surface area contributed by atoms with Gasteiger partial charge in [0.15, 0.2) is 0 Å². The number of amides is 2. The molecule has 1 heterocycles. The highest BCUT2D eigenvalue weighted by Gasteiger charge is 2.36. The van der Waals surface area contributed by atoms with Gasteiger partial charge in [0.05, 0.1) is 6.42 Å². The summed E-state index contributed by atoms with van der Waals surface area (Å²) in [7, 11) is 0. The van der Waals surface area contributed by atoms with Crippen LogP contribution in [0.3, 0.4) is 0 Å². The zero-order valence-corrected chi connectivity index (χ0v) is 12.7. The molecule has 1 aliphatic heterocycles. The maximum atomic E-state index is 11.9. The van der Waals surface area contributed by atoms with Crippen LogP contribution in [0.1, 0.15) is 25.8 Å². The molecule has 118 valence electrons. The standard InChI is InChI=1S/C16H20N2O4/c1-10(2)14-16(21)17-12(15(20)18-14)8-13(19)22-9-11-6-4-3-5-7-11/h3-7,10,12,14H,8-9H2,1-2H3,(H,17,21)(H,18,20). The average Bonchev–Trinajstić information content (AvgIpc) is 2.49. The third-order valence-corrected chi connectivity index (χ3v) is 3.49. The summed E-state index contributed by atoms with van der Waals surface area (Å²) in [6.45, 7) is 3.84. The summed E-state index contributed by atoms with van der Waals surface area (Å²) in [5.74, 6) is -1.15. The Bertz CT molecular complexity index is 557. The molecule has 2 N–H and O–H groups in total. The predicted octanol–water partition coefficient (Wildman–Crippen LogP) is 0.759. The van der Waals surface area contributed by atoms with Crippen LogP contribution in [0, 0.1) is 5.92 Å². The lowest BCUT2D eigenvalue weighted by Crippen LogP contribution is -2.63. The van der Waals surface area contributed by atoms with Gasteiger partial charge in [-0.15, -0.1) is 0 Å². The molecule has 2 rings (SSSR count). The van der Waals surface area contributed by atoms with Crippen LogP contribution < -0.4 is 10.6 Å². The Labute approximate surface area is 129 Å². The highest BCUT2D eigenvalue weighted by Crippen LogP contribution is 2.10. The molecule has 1 saturated heterocycles. The SMILES string of the molecule is CC(C)C1NC(=O)C(CC(=O)OCc2ccccc2)NC1=O. The van der Waals surface area contributed by atoms with E-state index in [2.05, 4.69) is 10.6 Å². The largest absolute Gasteiger partial charge is 0.461 e. The van der Waals surface area contributed by atoms with E-state index in [4.69, 9.17) is 4.74 Å². The summed E-state index contributed by atoms with van der Waals surface area (Å²) in [4.78, 5) is 35.6. The van der Waals surface area contributed by atoms with E-state index in [1.807, 2.05) is 44.2 Å². The molecule has 0 spiro atoms. The summed E-state index contributed by atoms with van der Waals surface area (Å²) < 4.78 is 5.12. The molecule has 0 aliphatic carbocycles. The van der Waals surface area contributed by atoms with Crippen molar-refractivity contribution in [3.63, 3.8) is 0 Å². The van der Waals surface area contributed by atoms with Crippen molar-refractivity contribution in [3.8, 4) is 0 Å². The van der Waals surface area contributed by atoms with Gasteiger partial charge in [0, 0.05) is 0 Å². The molecule has 0 saturated carbocycles. The van der Waals surface area contributed by atoms with Gasteiger partial charge in [-0.2, -0.15) is 0 Å². The second kappa shape index (κ2) is 7.06. The van der Waals surface area contributed by atoms with E-state index < -0.39 is 18.1 Å². The number of rotatable bonds is 5. The zero-order chi connectivity index (χ0) is 16.1. The van der Waals surface area contributed by atoms with Crippen molar-refractivity contribution in [2.24, 2.45) is 5.92 Å². The number of esters is 1. The summed E-state index contributed by atoms with van der Waals surface area (Å²) in [6.07, 6.45) is -0.171. The van der Waals surface area contributed by atoms with E-state index in [0.717, 1.165) is 5.56 Å². The van der Waals surface area contributed by atoms with Crippen molar-refractivity contribution in [2.75, 3.05) is 0 Å². The van der Waals surface area contributed by atoms with Crippen molar-refractivity contribution in [2.45, 2.75) is 39.0 Å². The van der Waals surface area contributed by atoms with Crippen molar-refractivity contribution in [3.05, 3.63) is 35.9 Å². The van der Waals surface area contributed by atoms with Gasteiger partial charge >= 0.3 is 5.97 Å². The van der Waals surface area contributed by atoms with Crippen LogP contribution in [0.5, 0.6) is 0 Å². The van der Waals surface area contributed by atoms with Crippen LogP contribution in [0.15, 0.2) is 30.3 Å². The number of carbonyl (C=O) groups is 3. The fraction of sp³-hybridized carbons (Fsp3) is 0.438. The molecule has 0 aromatic heterocycles. The summed E-state index contributed by atoms with van der Waals surface area (Å²) in [6, 6.07) is 7.84. The first kappa shape index (κ1) is 16.0. The molecule has 2 unspecified atom stereocenters. The van der Waals surface area contributed by atoms with Gasteiger partial charge in [0.25, 0.3) is 0 Å². The number of benzene rings is 1. The topological polar surface area (TPSA) is 84.5 Å². The fourth-order valence-corrected chi connectivity index (χ4v) is 2.22. The van der Waals surface area contributed by atoms with Gasteiger partial charge in [0.1, 0.15) is 18.7 Å². The molecule has 1 fully saturated rings. The van der Waals surface area contributed by atoms with Gasteiger partial charge in [-0.05, 0) is 11.5 Å². The minimum atomic E-state index is -0.870. The van der Waals surface area contributed by atoms with E-state index in [1.165, 1.54) is 0 Å². The van der Waals surface area contributed by atoms with E-state index in [0.29, 0.717) is 0 Å². The molecule has 0 radical (unpaired) electrons. The van der Waals surface area contributed by atoms with Crippen molar-refractivity contribution < 1.29 is 19.1 Å². The molecule has 1 aromatic rings. The molecule has 6 nitrogen and oxygen atoms in total. The second-order valence-corrected chi connectivity index (χ2v) is 5.64. The van der Waals surface area contributed by atoms with Crippen molar-refractivity contribution in [1.29, 1.82) is 0 Å². The van der Waals surface area contributed by atoms with Crippen molar-refractivity contribution in [1.82, 2.24) is 10.6 Å². The Kier molecular flexibility index (Phi) is 5.14. The smallest absolute Gasteiger partial charge is 0.308 e. The number of hydrogen-bond acceptors (Lipinski definition) is 4. The monoisotopic (exact) mass is 304 g/mol. The number of ether oxygens (including phenoxy) is 1. The number of nitrogens with one attached hydrogen (secondary N) is 2. The first-order valence-corrected chi connectivity index (χ1v) is 7.27. The molecule has 6 heteroatoms. The van der Waals surface area contributed by atoms with Crippen LogP contribution in [-0.4, -0.2) is 29.9 Å². The lowest BCUT2D eigenvalue weighted by molar-refractivity contribution is -0.149. The molecular weight excluding hydrogens is 284 g/mol. The highest BCUT2D eigenvalue weighted by molar-refractivity contribution is 5.98. The number of piperazine rings is 1. The first-order chi connectivity index (χ1) is 10.5. The quantitative estimate of drug-likeness (QED) is 0.787. The van der Waals surface area contributed by atoms with Gasteiger partial charge in [-0.25, -0.2) is 0 Å². The summed E-state index contributed by atoms with van der Waals surface area (Å²) in [5, 5.41) is 5.21. The van der Waals surface area contributed by atoms with Gasteiger partial charge < -0.3 is 15.4 Å². The normalized spacial score (nSPS) is 21.2. The first-order valence-electron chi connectivity index (χ1n) is 7.27. The van der Waals surface area contributed by atoms with Crippen LogP contribution in [0.4, 0.5) is 0 Å². The van der Waals surface area contributed by atoms with Crippen LogP contribution in [-0.2, 0) is 25.7 Å². The minimum absolute atomic E-state index is 0.00469. The van der Waals surface area contributed by atoms with Gasteiger partial charge in [-0.1, -0.05) is 44.2 Å².